The molecule has 0 unspecified atom stereocenters. The fraction of sp³-hybridized carbons (Fsp3) is 0. The molecule has 11 aromatic rings. The van der Waals surface area contributed by atoms with E-state index in [-0.39, 0.29) is 0 Å². The van der Waals surface area contributed by atoms with Crippen LogP contribution in [0.1, 0.15) is 0 Å². The normalized spacial score (nSPS) is 11.6. The van der Waals surface area contributed by atoms with Crippen LogP contribution in [0.4, 0.5) is 17.1 Å². The highest BCUT2D eigenvalue weighted by Crippen LogP contribution is 2.43. The molecule has 0 bridgehead atoms. The van der Waals surface area contributed by atoms with Gasteiger partial charge in [-0.15, -0.1) is 0 Å². The average molecular weight is 714 g/mol. The first-order chi connectivity index (χ1) is 27.7. The molecule has 0 saturated carbocycles. The number of rotatable bonds is 6. The van der Waals surface area contributed by atoms with Crippen LogP contribution in [0.15, 0.2) is 217 Å². The third kappa shape index (κ3) is 5.42. The summed E-state index contributed by atoms with van der Waals surface area (Å²) in [6, 6.07) is 76.5. The lowest BCUT2D eigenvalue weighted by Gasteiger charge is -2.26. The Morgan fingerprint density at radius 3 is 1.55 bits per heavy atom. The average Bonchev–Trinajstić information content (AvgIpc) is 3.63. The van der Waals surface area contributed by atoms with Crippen molar-refractivity contribution in [1.82, 2.24) is 0 Å². The van der Waals surface area contributed by atoms with Crippen molar-refractivity contribution in [2.24, 2.45) is 0 Å². The Balaban J connectivity index is 1.04. The second kappa shape index (κ2) is 13.2. The van der Waals surface area contributed by atoms with Gasteiger partial charge in [-0.1, -0.05) is 152 Å². The molecule has 1 heterocycles. The molecule has 2 nitrogen and oxygen atoms in total. The van der Waals surface area contributed by atoms with Crippen molar-refractivity contribution in [1.29, 1.82) is 0 Å². The summed E-state index contributed by atoms with van der Waals surface area (Å²) in [4.78, 5) is 2.35. The highest BCUT2D eigenvalue weighted by molar-refractivity contribution is 6.15. The zero-order valence-corrected chi connectivity index (χ0v) is 30.6. The van der Waals surface area contributed by atoms with E-state index in [0.29, 0.717) is 0 Å². The van der Waals surface area contributed by atoms with Gasteiger partial charge < -0.3 is 9.32 Å². The summed E-state index contributed by atoms with van der Waals surface area (Å²) < 4.78 is 6.42. The van der Waals surface area contributed by atoms with Gasteiger partial charge in [-0.25, -0.2) is 0 Å². The van der Waals surface area contributed by atoms with Crippen LogP contribution in [-0.2, 0) is 0 Å². The zero-order chi connectivity index (χ0) is 37.0. The van der Waals surface area contributed by atoms with Gasteiger partial charge in [0.15, 0.2) is 0 Å². The number of benzene rings is 10. The predicted octanol–water partition coefficient (Wildman–Crippen LogP) is 15.5. The molecule has 2 heteroatoms. The fourth-order valence-corrected chi connectivity index (χ4v) is 8.51. The minimum Gasteiger partial charge on any atom is -0.456 e. The van der Waals surface area contributed by atoms with Crippen LogP contribution in [0.5, 0.6) is 0 Å². The van der Waals surface area contributed by atoms with E-state index in [1.807, 2.05) is 0 Å². The lowest BCUT2D eigenvalue weighted by atomic mass is 9.89. The van der Waals surface area contributed by atoms with E-state index in [1.54, 1.807) is 0 Å². The molecule has 0 spiro atoms. The zero-order valence-electron chi connectivity index (χ0n) is 30.6. The molecule has 0 fully saturated rings. The highest BCUT2D eigenvalue weighted by Gasteiger charge is 2.18. The van der Waals surface area contributed by atoms with Crippen molar-refractivity contribution < 1.29 is 4.42 Å². The van der Waals surface area contributed by atoms with E-state index in [4.69, 9.17) is 4.42 Å². The SMILES string of the molecule is c1ccc(-c2ccc(N(c3ccc(-c4ccccc4-c4cc5ccccc5c5ccccc45)cc3)c3ccc4oc5cc6ccccc6cc5c4c3)cc2)cc1. The van der Waals surface area contributed by atoms with Gasteiger partial charge in [-0.2, -0.15) is 0 Å². The van der Waals surface area contributed by atoms with Gasteiger partial charge in [-0.3, -0.25) is 0 Å². The number of hydrogen-bond donors (Lipinski definition) is 0. The van der Waals surface area contributed by atoms with Crippen molar-refractivity contribution in [3.05, 3.63) is 212 Å². The molecule has 0 saturated heterocycles. The summed E-state index contributed by atoms with van der Waals surface area (Å²) in [5.41, 5.74) is 12.2. The number of nitrogens with zero attached hydrogens (tertiary/aromatic N) is 1. The van der Waals surface area contributed by atoms with Crippen molar-refractivity contribution in [2.45, 2.75) is 0 Å². The first kappa shape index (κ1) is 32.0. The minimum atomic E-state index is 0.881. The number of anilines is 3. The Bertz CT molecular complexity index is 3230. The Labute approximate surface area is 325 Å². The summed E-state index contributed by atoms with van der Waals surface area (Å²) >= 11 is 0. The van der Waals surface area contributed by atoms with E-state index >= 15 is 0 Å². The number of hydrogen-bond acceptors (Lipinski definition) is 2. The van der Waals surface area contributed by atoms with Gasteiger partial charge >= 0.3 is 0 Å². The molecule has 0 N–H and O–H groups in total. The molecule has 56 heavy (non-hydrogen) atoms. The first-order valence-corrected chi connectivity index (χ1v) is 19.2. The standard InChI is InChI=1S/C54H35NO/c1-2-12-36(13-3-1)37-22-26-42(27-23-37)55(44-30-31-53-52(35-44)51-32-39-14-4-5-15-40(39)34-54(51)56-53)43-28-24-38(25-29-43)45-17-8-9-20-48(45)50-33-41-16-6-7-18-46(41)47-19-10-11-21-49(47)50/h1-35H. The molecule has 0 amide bonds. The van der Waals surface area contributed by atoms with E-state index in [2.05, 4.69) is 217 Å². The largest absolute Gasteiger partial charge is 0.456 e. The van der Waals surface area contributed by atoms with Gasteiger partial charge in [0.25, 0.3) is 0 Å². The van der Waals surface area contributed by atoms with Crippen molar-refractivity contribution >= 4 is 71.3 Å². The summed E-state index contributed by atoms with van der Waals surface area (Å²) in [5, 5.41) is 9.65. The fourth-order valence-electron chi connectivity index (χ4n) is 8.51. The van der Waals surface area contributed by atoms with Crippen LogP contribution in [-0.4, -0.2) is 0 Å². The molecule has 11 rings (SSSR count). The van der Waals surface area contributed by atoms with E-state index in [1.165, 1.54) is 65.7 Å². The molecule has 0 radical (unpaired) electrons. The third-order valence-corrected chi connectivity index (χ3v) is 11.2. The molecular weight excluding hydrogens is 679 g/mol. The number of fused-ring (bicyclic) bond motifs is 7. The van der Waals surface area contributed by atoms with Crippen LogP contribution >= 0.6 is 0 Å². The second-order valence-electron chi connectivity index (χ2n) is 14.5. The van der Waals surface area contributed by atoms with Crippen LogP contribution in [0, 0.1) is 0 Å². The van der Waals surface area contributed by atoms with Crippen molar-refractivity contribution in [3.8, 4) is 33.4 Å². The Kier molecular flexibility index (Phi) is 7.53. The van der Waals surface area contributed by atoms with Crippen LogP contribution in [0.25, 0.3) is 87.6 Å². The molecule has 10 aromatic carbocycles. The van der Waals surface area contributed by atoms with E-state index in [0.717, 1.165) is 39.0 Å². The van der Waals surface area contributed by atoms with Gasteiger partial charge in [0.1, 0.15) is 11.2 Å². The lowest BCUT2D eigenvalue weighted by Crippen LogP contribution is -2.09. The Morgan fingerprint density at radius 2 is 0.804 bits per heavy atom. The summed E-state index contributed by atoms with van der Waals surface area (Å²) in [5.74, 6) is 0. The topological polar surface area (TPSA) is 16.4 Å². The van der Waals surface area contributed by atoms with E-state index < -0.39 is 0 Å². The molecule has 1 aromatic heterocycles. The smallest absolute Gasteiger partial charge is 0.136 e. The van der Waals surface area contributed by atoms with Gasteiger partial charge in [0.05, 0.1) is 0 Å². The molecule has 0 atom stereocenters. The quantitative estimate of drug-likeness (QED) is 0.160. The van der Waals surface area contributed by atoms with Gasteiger partial charge in [0.2, 0.25) is 0 Å². The number of furan rings is 1. The highest BCUT2D eigenvalue weighted by atomic mass is 16.3. The molecule has 0 aliphatic carbocycles. The van der Waals surface area contributed by atoms with Gasteiger partial charge in [0, 0.05) is 27.8 Å². The third-order valence-electron chi connectivity index (χ3n) is 11.2. The molecule has 0 aliphatic rings. The summed E-state index contributed by atoms with van der Waals surface area (Å²) in [6.45, 7) is 0. The second-order valence-corrected chi connectivity index (χ2v) is 14.5. The van der Waals surface area contributed by atoms with Crippen LogP contribution in [0.2, 0.25) is 0 Å². The maximum Gasteiger partial charge on any atom is 0.136 e. The maximum absolute atomic E-state index is 6.42. The maximum atomic E-state index is 6.42. The van der Waals surface area contributed by atoms with Crippen LogP contribution < -0.4 is 4.90 Å². The van der Waals surface area contributed by atoms with Gasteiger partial charge in [-0.05, 0) is 126 Å². The minimum absolute atomic E-state index is 0.881. The van der Waals surface area contributed by atoms with Crippen molar-refractivity contribution in [2.75, 3.05) is 4.90 Å². The Hall–Kier alpha value is -7.42. The van der Waals surface area contributed by atoms with Crippen LogP contribution in [0.3, 0.4) is 0 Å². The summed E-state index contributed by atoms with van der Waals surface area (Å²) in [7, 11) is 0. The predicted molar refractivity (Wildman–Crippen MR) is 237 cm³/mol. The monoisotopic (exact) mass is 713 g/mol. The summed E-state index contributed by atoms with van der Waals surface area (Å²) in [6.07, 6.45) is 0. The lowest BCUT2D eigenvalue weighted by molar-refractivity contribution is 0.669. The van der Waals surface area contributed by atoms with E-state index in [9.17, 15) is 0 Å². The molecule has 262 valence electrons. The van der Waals surface area contributed by atoms with Crippen molar-refractivity contribution in [3.63, 3.8) is 0 Å². The first-order valence-electron chi connectivity index (χ1n) is 19.2. The molecular formula is C54H35NO. The Morgan fingerprint density at radius 1 is 0.268 bits per heavy atom. The molecule has 0 aliphatic heterocycles.